The molecular formula is C27H41N3OS2. The van der Waals surface area contributed by atoms with Crippen LogP contribution >= 0.6 is 23.5 Å². The first kappa shape index (κ1) is 27.6. The quantitative estimate of drug-likeness (QED) is 0.221. The molecule has 0 spiro atoms. The fourth-order valence-electron chi connectivity index (χ4n) is 4.06. The number of carbonyl (C=O) groups excluding carboxylic acids is 1. The second-order valence-corrected chi connectivity index (χ2v) is 11.2. The van der Waals surface area contributed by atoms with Crippen LogP contribution in [0.3, 0.4) is 0 Å². The van der Waals surface area contributed by atoms with E-state index in [1.807, 2.05) is 6.92 Å². The predicted octanol–water partition coefficient (Wildman–Crippen LogP) is 8.11. The van der Waals surface area contributed by atoms with Gasteiger partial charge in [0.1, 0.15) is 5.03 Å². The first-order valence-electron chi connectivity index (χ1n) is 12.3. The van der Waals surface area contributed by atoms with E-state index < -0.39 is 0 Å². The molecule has 4 nitrogen and oxygen atoms in total. The van der Waals surface area contributed by atoms with E-state index in [0.29, 0.717) is 12.5 Å². The summed E-state index contributed by atoms with van der Waals surface area (Å²) in [6.07, 6.45) is 6.02. The second kappa shape index (κ2) is 14.6. The zero-order chi connectivity index (χ0) is 24.2. The maximum Gasteiger partial charge on any atom is 0.319 e. The molecule has 0 saturated heterocycles. The molecule has 0 aliphatic heterocycles. The van der Waals surface area contributed by atoms with Crippen LogP contribution in [-0.2, 0) is 0 Å². The van der Waals surface area contributed by atoms with Crippen molar-refractivity contribution >= 4 is 35.2 Å². The molecule has 0 fully saturated rings. The van der Waals surface area contributed by atoms with Crippen LogP contribution in [0.25, 0.3) is 0 Å². The lowest BCUT2D eigenvalue weighted by Gasteiger charge is -2.21. The van der Waals surface area contributed by atoms with Gasteiger partial charge in [0.15, 0.2) is 0 Å². The Morgan fingerprint density at radius 2 is 1.64 bits per heavy atom. The lowest BCUT2D eigenvalue weighted by molar-refractivity contribution is 0.251. The number of urea groups is 1. The molecule has 0 aliphatic rings. The van der Waals surface area contributed by atoms with Crippen molar-refractivity contribution in [3.05, 3.63) is 46.6 Å². The number of aryl methyl sites for hydroxylation is 3. The van der Waals surface area contributed by atoms with Gasteiger partial charge in [-0.3, -0.25) is 0 Å². The SMILES string of the molecule is CCCCCCC(CNC(=O)Nc1c(SCC)cc(C)nc1SCC)c1cc(C)cc(C)c1. The van der Waals surface area contributed by atoms with Gasteiger partial charge in [0.25, 0.3) is 0 Å². The van der Waals surface area contributed by atoms with Crippen molar-refractivity contribution < 1.29 is 4.79 Å². The van der Waals surface area contributed by atoms with Crippen LogP contribution in [0.2, 0.25) is 0 Å². The van der Waals surface area contributed by atoms with Crippen LogP contribution in [0.15, 0.2) is 34.2 Å². The maximum absolute atomic E-state index is 13.0. The molecule has 1 aromatic carbocycles. The Kier molecular flexibility index (Phi) is 12.2. The summed E-state index contributed by atoms with van der Waals surface area (Å²) in [6.45, 7) is 13.4. The van der Waals surface area contributed by atoms with Gasteiger partial charge in [0.2, 0.25) is 0 Å². The van der Waals surface area contributed by atoms with E-state index >= 15 is 0 Å². The number of rotatable bonds is 13. The summed E-state index contributed by atoms with van der Waals surface area (Å²) in [5, 5.41) is 7.19. The number of hydrogen-bond acceptors (Lipinski definition) is 4. The fraction of sp³-hybridized carbons (Fsp3) is 0.556. The van der Waals surface area contributed by atoms with Crippen molar-refractivity contribution in [2.45, 2.75) is 89.5 Å². The number of anilines is 1. The molecular weight excluding hydrogens is 446 g/mol. The number of benzene rings is 1. The highest BCUT2D eigenvalue weighted by atomic mass is 32.2. The largest absolute Gasteiger partial charge is 0.337 e. The number of unbranched alkanes of at least 4 members (excludes halogenated alkanes) is 3. The van der Waals surface area contributed by atoms with Crippen LogP contribution in [0.1, 0.15) is 81.2 Å². The maximum atomic E-state index is 13.0. The minimum atomic E-state index is -0.153. The number of carbonyl (C=O) groups is 1. The van der Waals surface area contributed by atoms with Crippen LogP contribution in [0, 0.1) is 20.8 Å². The number of nitrogens with zero attached hydrogens (tertiary/aromatic N) is 1. The third-order valence-electron chi connectivity index (χ3n) is 5.53. The fourth-order valence-corrected chi connectivity index (χ4v) is 5.77. The topological polar surface area (TPSA) is 54.0 Å². The van der Waals surface area contributed by atoms with E-state index in [4.69, 9.17) is 0 Å². The van der Waals surface area contributed by atoms with Gasteiger partial charge in [0.05, 0.1) is 5.69 Å². The molecule has 1 heterocycles. The minimum absolute atomic E-state index is 0.153. The number of aromatic nitrogens is 1. The smallest absolute Gasteiger partial charge is 0.319 e. The van der Waals surface area contributed by atoms with E-state index in [0.717, 1.165) is 39.2 Å². The molecule has 2 amide bonds. The molecule has 33 heavy (non-hydrogen) atoms. The first-order valence-corrected chi connectivity index (χ1v) is 14.2. The Morgan fingerprint density at radius 3 is 2.27 bits per heavy atom. The van der Waals surface area contributed by atoms with Crippen LogP contribution in [0.4, 0.5) is 10.5 Å². The van der Waals surface area contributed by atoms with Gasteiger partial charge in [-0.25, -0.2) is 9.78 Å². The van der Waals surface area contributed by atoms with Crippen molar-refractivity contribution in [1.29, 1.82) is 0 Å². The minimum Gasteiger partial charge on any atom is -0.337 e. The van der Waals surface area contributed by atoms with E-state index in [9.17, 15) is 4.79 Å². The van der Waals surface area contributed by atoms with E-state index in [1.165, 1.54) is 42.4 Å². The average molecular weight is 488 g/mol. The number of pyridine rings is 1. The molecule has 1 unspecified atom stereocenters. The Labute approximate surface area is 209 Å². The third kappa shape index (κ3) is 9.24. The summed E-state index contributed by atoms with van der Waals surface area (Å²) in [6, 6.07) is 8.66. The standard InChI is InChI=1S/C27H41N3OS2/c1-7-10-11-12-13-22(23-15-19(4)14-20(5)16-23)18-28-27(31)30-25-24(32-8-2)17-21(6)29-26(25)33-9-3/h14-17,22H,7-13,18H2,1-6H3,(H2,28,30,31). The summed E-state index contributed by atoms with van der Waals surface area (Å²) in [5.41, 5.74) is 5.70. The highest BCUT2D eigenvalue weighted by Gasteiger charge is 2.17. The van der Waals surface area contributed by atoms with Gasteiger partial charge in [0, 0.05) is 23.1 Å². The second-order valence-electron chi connectivity index (χ2n) is 8.61. The van der Waals surface area contributed by atoms with Gasteiger partial charge in [-0.1, -0.05) is 75.8 Å². The summed E-state index contributed by atoms with van der Waals surface area (Å²) >= 11 is 3.41. The highest BCUT2D eigenvalue weighted by molar-refractivity contribution is 8.00. The monoisotopic (exact) mass is 487 g/mol. The molecule has 0 bridgehead atoms. The summed E-state index contributed by atoms with van der Waals surface area (Å²) in [4.78, 5) is 18.8. The molecule has 2 N–H and O–H groups in total. The number of thioether (sulfide) groups is 2. The highest BCUT2D eigenvalue weighted by Crippen LogP contribution is 2.35. The summed E-state index contributed by atoms with van der Waals surface area (Å²) in [7, 11) is 0. The zero-order valence-electron chi connectivity index (χ0n) is 21.2. The molecule has 2 aromatic rings. The summed E-state index contributed by atoms with van der Waals surface area (Å²) < 4.78 is 0. The van der Waals surface area contributed by atoms with Crippen molar-refractivity contribution in [3.63, 3.8) is 0 Å². The number of amides is 2. The Morgan fingerprint density at radius 1 is 0.939 bits per heavy atom. The van der Waals surface area contributed by atoms with Crippen LogP contribution in [-0.4, -0.2) is 29.1 Å². The average Bonchev–Trinajstić information content (AvgIpc) is 2.75. The van der Waals surface area contributed by atoms with E-state index in [2.05, 4.69) is 74.5 Å². The molecule has 1 atom stereocenters. The molecule has 2 rings (SSSR count). The van der Waals surface area contributed by atoms with Crippen LogP contribution < -0.4 is 10.6 Å². The molecule has 182 valence electrons. The van der Waals surface area contributed by atoms with Gasteiger partial charge < -0.3 is 10.6 Å². The third-order valence-corrected chi connectivity index (χ3v) is 7.31. The van der Waals surface area contributed by atoms with E-state index in [-0.39, 0.29) is 6.03 Å². The lowest BCUT2D eigenvalue weighted by Crippen LogP contribution is -2.33. The normalized spacial score (nSPS) is 11.9. The Bertz CT molecular complexity index is 854. The molecule has 1 aromatic heterocycles. The van der Waals surface area contributed by atoms with Crippen molar-refractivity contribution in [3.8, 4) is 0 Å². The number of nitrogens with one attached hydrogen (secondary N) is 2. The zero-order valence-corrected chi connectivity index (χ0v) is 22.8. The lowest BCUT2D eigenvalue weighted by atomic mass is 9.90. The van der Waals surface area contributed by atoms with Gasteiger partial charge in [-0.05, 0) is 50.3 Å². The molecule has 0 aliphatic carbocycles. The van der Waals surface area contributed by atoms with Crippen molar-refractivity contribution in [2.75, 3.05) is 23.4 Å². The first-order chi connectivity index (χ1) is 15.9. The van der Waals surface area contributed by atoms with Gasteiger partial charge >= 0.3 is 6.03 Å². The van der Waals surface area contributed by atoms with E-state index in [1.54, 1.807) is 23.5 Å². The predicted molar refractivity (Wildman–Crippen MR) is 146 cm³/mol. The molecule has 0 saturated carbocycles. The van der Waals surface area contributed by atoms with Crippen molar-refractivity contribution in [2.24, 2.45) is 0 Å². The Hall–Kier alpha value is -1.66. The molecule has 0 radical (unpaired) electrons. The van der Waals surface area contributed by atoms with Gasteiger partial charge in [-0.15, -0.1) is 23.5 Å². The van der Waals surface area contributed by atoms with Gasteiger partial charge in [-0.2, -0.15) is 0 Å². The summed E-state index contributed by atoms with van der Waals surface area (Å²) in [5.74, 6) is 2.18. The number of hydrogen-bond donors (Lipinski definition) is 2. The van der Waals surface area contributed by atoms with Crippen molar-refractivity contribution in [1.82, 2.24) is 10.3 Å². The van der Waals surface area contributed by atoms with Crippen LogP contribution in [0.5, 0.6) is 0 Å². The Balaban J connectivity index is 2.14. The molecule has 6 heteroatoms.